The maximum absolute atomic E-state index is 12.1. The molecule has 0 radical (unpaired) electrons. The largest absolute Gasteiger partial charge is 0.337 e. The quantitative estimate of drug-likeness (QED) is 0.828. The molecule has 122 valence electrons. The smallest absolute Gasteiger partial charge is 0.240 e. The highest BCUT2D eigenvalue weighted by molar-refractivity contribution is 7.89. The summed E-state index contributed by atoms with van der Waals surface area (Å²) >= 11 is 5.79. The Balaban J connectivity index is 1.88. The minimum atomic E-state index is -3.64. The van der Waals surface area contributed by atoms with E-state index in [1.165, 1.54) is 12.1 Å². The molecule has 2 N–H and O–H groups in total. The van der Waals surface area contributed by atoms with E-state index in [9.17, 15) is 13.2 Å². The molecule has 1 heterocycles. The zero-order chi connectivity index (χ0) is 16.2. The summed E-state index contributed by atoms with van der Waals surface area (Å²) in [6, 6.07) is 6.16. The Morgan fingerprint density at radius 2 is 2.27 bits per heavy atom. The van der Waals surface area contributed by atoms with E-state index >= 15 is 0 Å². The number of nitrogens with zero attached hydrogens (tertiary/aromatic N) is 1. The molecular weight excluding hydrogens is 326 g/mol. The van der Waals surface area contributed by atoms with Crippen molar-refractivity contribution in [1.82, 2.24) is 14.9 Å². The van der Waals surface area contributed by atoms with Gasteiger partial charge in [0.2, 0.25) is 15.9 Å². The van der Waals surface area contributed by atoms with Crippen LogP contribution in [0.3, 0.4) is 0 Å². The predicted molar refractivity (Wildman–Crippen MR) is 85.3 cm³/mol. The number of hydrogen-bond acceptors (Lipinski definition) is 4. The van der Waals surface area contributed by atoms with Gasteiger partial charge in [-0.1, -0.05) is 17.7 Å². The molecule has 0 saturated carbocycles. The van der Waals surface area contributed by atoms with E-state index in [4.69, 9.17) is 11.6 Å². The van der Waals surface area contributed by atoms with Crippen LogP contribution < -0.4 is 10.0 Å². The molecule has 1 atom stereocenters. The summed E-state index contributed by atoms with van der Waals surface area (Å²) in [6.07, 6.45) is 0.143. The van der Waals surface area contributed by atoms with E-state index in [0.29, 0.717) is 11.6 Å². The van der Waals surface area contributed by atoms with Gasteiger partial charge in [0.05, 0.1) is 4.90 Å². The fraction of sp³-hybridized carbons (Fsp3) is 0.500. The molecular formula is C14H20ClN3O3S. The van der Waals surface area contributed by atoms with E-state index in [-0.39, 0.29) is 29.8 Å². The first-order valence-corrected chi connectivity index (χ1v) is 9.02. The van der Waals surface area contributed by atoms with Crippen LogP contribution in [0.15, 0.2) is 29.2 Å². The Morgan fingerprint density at radius 3 is 2.95 bits per heavy atom. The molecule has 0 aliphatic carbocycles. The van der Waals surface area contributed by atoms with E-state index in [1.54, 1.807) is 17.0 Å². The predicted octanol–water partition coefficient (Wildman–Crippen LogP) is 0.829. The molecule has 1 aliphatic heterocycles. The Hall–Kier alpha value is -1.15. The number of nitrogens with one attached hydrogen (secondary N) is 2. The molecule has 1 fully saturated rings. The zero-order valence-corrected chi connectivity index (χ0v) is 14.0. The van der Waals surface area contributed by atoms with Crippen molar-refractivity contribution in [3.8, 4) is 0 Å². The van der Waals surface area contributed by atoms with Crippen LogP contribution >= 0.6 is 11.6 Å². The van der Waals surface area contributed by atoms with Crippen LogP contribution in [0.5, 0.6) is 0 Å². The second-order valence-corrected chi connectivity index (χ2v) is 7.45. The van der Waals surface area contributed by atoms with Gasteiger partial charge in [0.1, 0.15) is 0 Å². The maximum atomic E-state index is 12.1. The van der Waals surface area contributed by atoms with Crippen molar-refractivity contribution >= 4 is 27.5 Å². The number of halogens is 1. The molecule has 0 spiro atoms. The van der Waals surface area contributed by atoms with Gasteiger partial charge in [0.15, 0.2) is 0 Å². The summed E-state index contributed by atoms with van der Waals surface area (Å²) in [7, 11) is -3.64. The van der Waals surface area contributed by atoms with Crippen molar-refractivity contribution in [2.75, 3.05) is 26.2 Å². The number of hydrogen-bond donors (Lipinski definition) is 2. The highest BCUT2D eigenvalue weighted by Crippen LogP contribution is 2.15. The second-order valence-electron chi connectivity index (χ2n) is 5.25. The lowest BCUT2D eigenvalue weighted by atomic mass is 10.2. The topological polar surface area (TPSA) is 78.5 Å². The first-order chi connectivity index (χ1) is 10.4. The molecule has 2 rings (SSSR count). The van der Waals surface area contributed by atoms with Gasteiger partial charge in [-0.15, -0.1) is 0 Å². The summed E-state index contributed by atoms with van der Waals surface area (Å²) in [5, 5.41) is 3.56. The van der Waals surface area contributed by atoms with E-state index in [0.717, 1.165) is 13.1 Å². The van der Waals surface area contributed by atoms with Gasteiger partial charge in [-0.25, -0.2) is 13.1 Å². The van der Waals surface area contributed by atoms with Gasteiger partial charge in [-0.2, -0.15) is 0 Å². The first-order valence-electron chi connectivity index (χ1n) is 7.15. The van der Waals surface area contributed by atoms with Crippen molar-refractivity contribution in [2.45, 2.75) is 24.3 Å². The first kappa shape index (κ1) is 17.2. The zero-order valence-electron chi connectivity index (χ0n) is 12.4. The summed E-state index contributed by atoms with van der Waals surface area (Å²) in [5.41, 5.74) is 0. The van der Waals surface area contributed by atoms with Gasteiger partial charge in [-0.3, -0.25) is 4.79 Å². The summed E-state index contributed by atoms with van der Waals surface area (Å²) in [4.78, 5) is 14.0. The molecule has 0 bridgehead atoms. The molecule has 1 aromatic rings. The summed E-state index contributed by atoms with van der Waals surface area (Å²) in [5.74, 6) is -0.0391. The Labute approximate surface area is 135 Å². The summed E-state index contributed by atoms with van der Waals surface area (Å²) in [6.45, 7) is 4.23. The third-order valence-electron chi connectivity index (χ3n) is 3.56. The average Bonchev–Trinajstić information content (AvgIpc) is 2.47. The van der Waals surface area contributed by atoms with Crippen molar-refractivity contribution in [1.29, 1.82) is 0 Å². The summed E-state index contributed by atoms with van der Waals surface area (Å²) < 4.78 is 26.6. The van der Waals surface area contributed by atoms with Crippen LogP contribution in [0.2, 0.25) is 5.02 Å². The lowest BCUT2D eigenvalue weighted by Gasteiger charge is -2.34. The number of carbonyl (C=O) groups excluding carboxylic acids is 1. The highest BCUT2D eigenvalue weighted by Gasteiger charge is 2.23. The third kappa shape index (κ3) is 4.42. The number of carbonyl (C=O) groups is 1. The number of amides is 1. The Kier molecular flexibility index (Phi) is 5.80. The molecule has 0 aromatic heterocycles. The lowest BCUT2D eigenvalue weighted by molar-refractivity contribution is -0.133. The SMILES string of the molecule is C[C@H]1CNCCN1C(=O)CCNS(=O)(=O)c1cccc(Cl)c1. The van der Waals surface area contributed by atoms with Crippen LogP contribution in [-0.2, 0) is 14.8 Å². The van der Waals surface area contributed by atoms with Gasteiger partial charge in [0.25, 0.3) is 0 Å². The fourth-order valence-corrected chi connectivity index (χ4v) is 3.70. The fourth-order valence-electron chi connectivity index (χ4n) is 2.36. The molecule has 8 heteroatoms. The molecule has 22 heavy (non-hydrogen) atoms. The van der Waals surface area contributed by atoms with Crippen molar-refractivity contribution in [3.05, 3.63) is 29.3 Å². The second kappa shape index (κ2) is 7.41. The number of sulfonamides is 1. The van der Waals surface area contributed by atoms with Gasteiger partial charge in [-0.05, 0) is 25.1 Å². The number of benzene rings is 1. The van der Waals surface area contributed by atoms with Crippen LogP contribution in [0.1, 0.15) is 13.3 Å². The number of piperazine rings is 1. The third-order valence-corrected chi connectivity index (χ3v) is 5.25. The van der Waals surface area contributed by atoms with Crippen LogP contribution in [0, 0.1) is 0 Å². The molecule has 6 nitrogen and oxygen atoms in total. The average molecular weight is 346 g/mol. The van der Waals surface area contributed by atoms with Crippen molar-refractivity contribution in [2.24, 2.45) is 0 Å². The minimum Gasteiger partial charge on any atom is -0.337 e. The minimum absolute atomic E-state index is 0.0391. The normalized spacial score (nSPS) is 19.2. The van der Waals surface area contributed by atoms with E-state index in [1.807, 2.05) is 6.92 Å². The van der Waals surface area contributed by atoms with Gasteiger partial charge >= 0.3 is 0 Å². The lowest BCUT2D eigenvalue weighted by Crippen LogP contribution is -2.52. The van der Waals surface area contributed by atoms with Crippen molar-refractivity contribution in [3.63, 3.8) is 0 Å². The molecule has 1 aliphatic rings. The van der Waals surface area contributed by atoms with E-state index < -0.39 is 10.0 Å². The Bertz CT molecular complexity index is 636. The van der Waals surface area contributed by atoms with Crippen LogP contribution in [0.25, 0.3) is 0 Å². The molecule has 1 aromatic carbocycles. The van der Waals surface area contributed by atoms with E-state index in [2.05, 4.69) is 10.0 Å². The number of rotatable bonds is 5. The monoisotopic (exact) mass is 345 g/mol. The molecule has 0 unspecified atom stereocenters. The van der Waals surface area contributed by atoms with Crippen LogP contribution in [-0.4, -0.2) is 51.4 Å². The van der Waals surface area contributed by atoms with Crippen molar-refractivity contribution < 1.29 is 13.2 Å². The van der Waals surface area contributed by atoms with Gasteiger partial charge < -0.3 is 10.2 Å². The Morgan fingerprint density at radius 1 is 1.50 bits per heavy atom. The molecule has 1 saturated heterocycles. The van der Waals surface area contributed by atoms with Crippen LogP contribution in [0.4, 0.5) is 0 Å². The highest BCUT2D eigenvalue weighted by atomic mass is 35.5. The maximum Gasteiger partial charge on any atom is 0.240 e. The van der Waals surface area contributed by atoms with Gasteiger partial charge in [0, 0.05) is 43.7 Å². The standard InChI is InChI=1S/C14H20ClN3O3S/c1-11-10-16-7-8-18(11)14(19)5-6-17-22(20,21)13-4-2-3-12(15)9-13/h2-4,9,11,16-17H,5-8,10H2,1H3/t11-/m0/s1. The molecule has 1 amide bonds.